The van der Waals surface area contributed by atoms with Gasteiger partial charge in [-0.1, -0.05) is 32.9 Å². The third-order valence-corrected chi connectivity index (χ3v) is 5.70. The molecule has 1 fully saturated rings. The van der Waals surface area contributed by atoms with E-state index in [4.69, 9.17) is 9.26 Å². The molecule has 0 radical (unpaired) electrons. The normalized spacial score (nSPS) is 16.5. The summed E-state index contributed by atoms with van der Waals surface area (Å²) in [7, 11) is 0. The number of amides is 3. The Balaban J connectivity index is 1.94. The maximum Gasteiger partial charge on any atom is 0.343 e. The number of carbonyl (C=O) groups excluding carboxylic acids is 5. The second-order valence-corrected chi connectivity index (χ2v) is 9.60. The van der Waals surface area contributed by atoms with Crippen LogP contribution < -0.4 is 16.1 Å². The molecule has 0 saturated carbocycles. The predicted molar refractivity (Wildman–Crippen MR) is 128 cm³/mol. The Morgan fingerprint density at radius 1 is 1.22 bits per heavy atom. The van der Waals surface area contributed by atoms with Crippen LogP contribution in [-0.4, -0.2) is 71.4 Å². The number of aromatic nitrogens is 1. The molecule has 1 aliphatic heterocycles. The van der Waals surface area contributed by atoms with Crippen molar-refractivity contribution in [2.75, 3.05) is 19.7 Å². The number of hydrogen-bond acceptors (Lipinski definition) is 9. The number of carbonyl (C=O) groups is 5. The molecule has 3 amide bonds. The fraction of sp³-hybridized carbons (Fsp3) is 0.667. The lowest BCUT2D eigenvalue weighted by molar-refractivity contribution is -0.147. The molecule has 12 heteroatoms. The van der Waals surface area contributed by atoms with Gasteiger partial charge >= 0.3 is 5.97 Å². The van der Waals surface area contributed by atoms with Crippen molar-refractivity contribution in [2.24, 2.45) is 11.8 Å². The lowest BCUT2D eigenvalue weighted by atomic mass is 9.98. The number of nitrogens with zero attached hydrogens (tertiary/aromatic N) is 2. The van der Waals surface area contributed by atoms with Crippen molar-refractivity contribution in [2.45, 2.75) is 72.4 Å². The van der Waals surface area contributed by atoms with Crippen LogP contribution in [-0.2, 0) is 23.9 Å². The highest BCUT2D eigenvalue weighted by atomic mass is 16.5. The molecule has 2 heterocycles. The van der Waals surface area contributed by atoms with E-state index in [0.29, 0.717) is 25.8 Å². The fourth-order valence-electron chi connectivity index (χ4n) is 3.78. The van der Waals surface area contributed by atoms with Gasteiger partial charge in [-0.25, -0.2) is 10.2 Å². The lowest BCUT2D eigenvalue weighted by Crippen LogP contribution is -2.61. The molecule has 36 heavy (non-hydrogen) atoms. The minimum Gasteiger partial charge on any atom is -0.454 e. The van der Waals surface area contributed by atoms with Gasteiger partial charge in [0.2, 0.25) is 17.7 Å². The summed E-state index contributed by atoms with van der Waals surface area (Å²) in [5, 5.41) is 10.2. The second-order valence-electron chi connectivity index (χ2n) is 9.60. The summed E-state index contributed by atoms with van der Waals surface area (Å²) < 4.78 is 9.91. The molecule has 2 rings (SSSR count). The van der Waals surface area contributed by atoms with E-state index >= 15 is 0 Å². The molecular weight excluding hydrogens is 470 g/mol. The van der Waals surface area contributed by atoms with E-state index in [1.165, 1.54) is 11.2 Å². The van der Waals surface area contributed by atoms with Gasteiger partial charge in [0.25, 0.3) is 0 Å². The van der Waals surface area contributed by atoms with Gasteiger partial charge in [0.1, 0.15) is 17.4 Å². The van der Waals surface area contributed by atoms with E-state index in [0.717, 1.165) is 0 Å². The Labute approximate surface area is 210 Å². The maximum atomic E-state index is 13.1. The molecule has 0 aromatic carbocycles. The highest BCUT2D eigenvalue weighted by Crippen LogP contribution is 2.14. The molecule has 0 spiro atoms. The van der Waals surface area contributed by atoms with Gasteiger partial charge in [-0.3, -0.25) is 24.2 Å². The van der Waals surface area contributed by atoms with Crippen LogP contribution in [0.5, 0.6) is 0 Å². The number of aryl methyl sites for hydroxylation is 1. The third kappa shape index (κ3) is 8.43. The summed E-state index contributed by atoms with van der Waals surface area (Å²) >= 11 is 0. The molecule has 1 aliphatic rings. The monoisotopic (exact) mass is 507 g/mol. The third-order valence-electron chi connectivity index (χ3n) is 5.70. The number of ketones is 1. The van der Waals surface area contributed by atoms with E-state index in [9.17, 15) is 24.0 Å². The highest BCUT2D eigenvalue weighted by Gasteiger charge is 2.35. The number of nitrogens with one attached hydrogen (secondary N) is 3. The number of Topliss-reactive ketones (excluding diaryl/α,β-unsaturated/α-hetero) is 1. The minimum atomic E-state index is -0.914. The van der Waals surface area contributed by atoms with Gasteiger partial charge < -0.3 is 19.9 Å². The summed E-state index contributed by atoms with van der Waals surface area (Å²) in [6.45, 7) is 9.10. The average Bonchev–Trinajstić information content (AvgIpc) is 3.25. The molecule has 2 atom stereocenters. The first-order chi connectivity index (χ1) is 17.0. The molecule has 0 bridgehead atoms. The quantitative estimate of drug-likeness (QED) is 0.349. The Hall–Kier alpha value is -3.28. The molecule has 2 unspecified atom stereocenters. The van der Waals surface area contributed by atoms with Crippen molar-refractivity contribution in [3.8, 4) is 0 Å². The summed E-state index contributed by atoms with van der Waals surface area (Å²) in [5.74, 6) is -1.95. The van der Waals surface area contributed by atoms with Crippen molar-refractivity contribution in [3.05, 3.63) is 17.5 Å². The maximum absolute atomic E-state index is 13.1. The Bertz CT molecular complexity index is 943. The molecular formula is C24H37N5O7. The van der Waals surface area contributed by atoms with Crippen LogP contribution in [0.1, 0.15) is 69.5 Å². The van der Waals surface area contributed by atoms with Crippen LogP contribution in [0, 0.1) is 18.8 Å². The molecule has 1 aromatic rings. The van der Waals surface area contributed by atoms with Crippen LogP contribution in [0.15, 0.2) is 10.7 Å². The van der Waals surface area contributed by atoms with Gasteiger partial charge in [0.05, 0.1) is 12.2 Å². The summed E-state index contributed by atoms with van der Waals surface area (Å²) in [5.41, 5.74) is 3.08. The Kier molecular flexibility index (Phi) is 11.0. The second kappa shape index (κ2) is 13.7. The SMILES string of the molecule is Cc1oncc1C(=O)OCC(=O)C(NC(=O)C1CCCNN1C(=O)CCNC(=O)CC(C)C)C(C)C. The largest absolute Gasteiger partial charge is 0.454 e. The van der Waals surface area contributed by atoms with Crippen LogP contribution in [0.4, 0.5) is 0 Å². The van der Waals surface area contributed by atoms with Crippen molar-refractivity contribution in [3.63, 3.8) is 0 Å². The zero-order valence-corrected chi connectivity index (χ0v) is 21.6. The highest BCUT2D eigenvalue weighted by molar-refractivity contribution is 5.96. The molecule has 3 N–H and O–H groups in total. The van der Waals surface area contributed by atoms with E-state index in [1.54, 1.807) is 20.8 Å². The van der Waals surface area contributed by atoms with Crippen molar-refractivity contribution >= 4 is 29.5 Å². The van der Waals surface area contributed by atoms with Gasteiger partial charge in [-0.2, -0.15) is 0 Å². The van der Waals surface area contributed by atoms with E-state index in [2.05, 4.69) is 21.2 Å². The number of hydrazine groups is 1. The zero-order valence-electron chi connectivity index (χ0n) is 21.6. The molecule has 1 aromatic heterocycles. The van der Waals surface area contributed by atoms with E-state index < -0.39 is 36.4 Å². The zero-order chi connectivity index (χ0) is 26.8. The van der Waals surface area contributed by atoms with E-state index in [1.807, 2.05) is 13.8 Å². The fourth-order valence-corrected chi connectivity index (χ4v) is 3.78. The first-order valence-corrected chi connectivity index (χ1v) is 12.2. The van der Waals surface area contributed by atoms with E-state index in [-0.39, 0.29) is 47.9 Å². The van der Waals surface area contributed by atoms with Crippen LogP contribution in [0.3, 0.4) is 0 Å². The minimum absolute atomic E-state index is 0.0331. The van der Waals surface area contributed by atoms with Gasteiger partial charge in [0.15, 0.2) is 12.4 Å². The molecule has 200 valence electrons. The molecule has 0 aliphatic carbocycles. The topological polar surface area (TPSA) is 160 Å². The number of hydrogen-bond donors (Lipinski definition) is 3. The van der Waals surface area contributed by atoms with Crippen LogP contribution >= 0.6 is 0 Å². The predicted octanol–water partition coefficient (Wildman–Crippen LogP) is 0.898. The van der Waals surface area contributed by atoms with Crippen LogP contribution in [0.2, 0.25) is 0 Å². The van der Waals surface area contributed by atoms with Crippen molar-refractivity contribution in [1.29, 1.82) is 0 Å². The summed E-state index contributed by atoms with van der Waals surface area (Å²) in [6.07, 6.45) is 2.71. The standard InChI is InChI=1S/C24H37N5O7/c1-14(2)11-20(31)25-10-8-21(32)29-18(7-6-9-26-29)23(33)28-22(15(3)4)19(30)13-35-24(34)17-12-27-36-16(17)5/h12,14-15,18,22,26H,6-11,13H2,1-5H3,(H,25,31)(H,28,33). The van der Waals surface area contributed by atoms with Crippen molar-refractivity contribution < 1.29 is 33.2 Å². The lowest BCUT2D eigenvalue weighted by Gasteiger charge is -2.36. The van der Waals surface area contributed by atoms with Gasteiger partial charge in [-0.05, 0) is 31.6 Å². The van der Waals surface area contributed by atoms with Gasteiger partial charge in [0, 0.05) is 25.9 Å². The first-order valence-electron chi connectivity index (χ1n) is 12.2. The smallest absolute Gasteiger partial charge is 0.343 e. The average molecular weight is 508 g/mol. The molecule has 1 saturated heterocycles. The van der Waals surface area contributed by atoms with Crippen LogP contribution in [0.25, 0.3) is 0 Å². The molecule has 12 nitrogen and oxygen atoms in total. The number of ether oxygens (including phenoxy) is 1. The Morgan fingerprint density at radius 3 is 2.56 bits per heavy atom. The number of esters is 1. The summed E-state index contributed by atoms with van der Waals surface area (Å²) in [6, 6.07) is -1.73. The first kappa shape index (κ1) is 29.0. The summed E-state index contributed by atoms with van der Waals surface area (Å²) in [4.78, 5) is 62.7. The Morgan fingerprint density at radius 2 is 1.94 bits per heavy atom. The van der Waals surface area contributed by atoms with Crippen molar-refractivity contribution in [1.82, 2.24) is 26.2 Å². The van der Waals surface area contributed by atoms with Gasteiger partial charge in [-0.15, -0.1) is 0 Å². The number of rotatable bonds is 12.